The summed E-state index contributed by atoms with van der Waals surface area (Å²) in [4.78, 5) is 29.9. The minimum Gasteiger partial charge on any atom is -0.493 e. The molecule has 0 aliphatic carbocycles. The van der Waals surface area contributed by atoms with Crippen molar-refractivity contribution in [1.82, 2.24) is 9.55 Å². The van der Waals surface area contributed by atoms with E-state index in [4.69, 9.17) is 9.47 Å². The van der Waals surface area contributed by atoms with Gasteiger partial charge < -0.3 is 19.4 Å². The van der Waals surface area contributed by atoms with Crippen LogP contribution in [-0.2, 0) is 17.6 Å². The van der Waals surface area contributed by atoms with E-state index < -0.39 is 5.92 Å². The molecule has 8 heteroatoms. The Kier molecular flexibility index (Phi) is 5.99. The number of thioether (sulfide) groups is 1. The first-order valence-corrected chi connectivity index (χ1v) is 10.8. The number of methoxy groups -OCH3 is 2. The minimum atomic E-state index is -0.414. The number of nitrogens with one attached hydrogen (secondary N) is 1. The summed E-state index contributed by atoms with van der Waals surface area (Å²) in [5, 5.41) is 3.43. The van der Waals surface area contributed by atoms with Crippen molar-refractivity contribution in [3.63, 3.8) is 0 Å². The summed E-state index contributed by atoms with van der Waals surface area (Å²) in [7, 11) is 4.94. The van der Waals surface area contributed by atoms with Gasteiger partial charge in [-0.25, -0.2) is 0 Å². The second kappa shape index (κ2) is 8.85. The lowest BCUT2D eigenvalue weighted by Gasteiger charge is -2.28. The Bertz CT molecular complexity index is 1180. The number of amides is 1. The molecule has 2 heterocycles. The van der Waals surface area contributed by atoms with Crippen LogP contribution in [0.1, 0.15) is 29.0 Å². The number of hydrogen-bond acceptors (Lipinski definition) is 6. The third-order valence-electron chi connectivity index (χ3n) is 5.32. The second-order valence-corrected chi connectivity index (χ2v) is 8.16. The van der Waals surface area contributed by atoms with Gasteiger partial charge >= 0.3 is 0 Å². The lowest BCUT2D eigenvalue weighted by molar-refractivity contribution is -0.116. The molecule has 1 N–H and O–H groups in total. The molecule has 0 unspecified atom stereocenters. The fourth-order valence-electron chi connectivity index (χ4n) is 3.74. The molecule has 1 atom stereocenters. The Hall–Kier alpha value is -3.26. The number of anilines is 1. The molecule has 31 heavy (non-hydrogen) atoms. The summed E-state index contributed by atoms with van der Waals surface area (Å²) in [5.41, 5.74) is 2.09. The van der Waals surface area contributed by atoms with Gasteiger partial charge in [0, 0.05) is 25.1 Å². The molecule has 0 bridgehead atoms. The second-order valence-electron chi connectivity index (χ2n) is 7.21. The molecular formula is C23H23N3O4S. The van der Waals surface area contributed by atoms with E-state index in [1.54, 1.807) is 24.9 Å². The lowest BCUT2D eigenvalue weighted by atomic mass is 9.86. The molecule has 3 aromatic rings. The largest absolute Gasteiger partial charge is 0.493 e. The van der Waals surface area contributed by atoms with Gasteiger partial charge in [-0.3, -0.25) is 9.59 Å². The van der Waals surface area contributed by atoms with Gasteiger partial charge in [0.1, 0.15) is 5.82 Å². The van der Waals surface area contributed by atoms with Crippen LogP contribution in [0, 0.1) is 0 Å². The van der Waals surface area contributed by atoms with Crippen molar-refractivity contribution in [3.8, 4) is 11.5 Å². The SMILES string of the molecule is COc1ccc([C@H]2CC(=O)Nc3c2c(=O)nc(SCc2ccccc2)n3C)cc1OC. The van der Waals surface area contributed by atoms with Gasteiger partial charge in [0.05, 0.1) is 19.8 Å². The van der Waals surface area contributed by atoms with Crippen LogP contribution in [0.15, 0.2) is 58.5 Å². The van der Waals surface area contributed by atoms with E-state index in [2.05, 4.69) is 10.3 Å². The summed E-state index contributed by atoms with van der Waals surface area (Å²) >= 11 is 1.46. The third kappa shape index (κ3) is 4.16. The van der Waals surface area contributed by atoms with Gasteiger partial charge in [-0.05, 0) is 23.3 Å². The van der Waals surface area contributed by atoms with Crippen molar-refractivity contribution in [1.29, 1.82) is 0 Å². The highest BCUT2D eigenvalue weighted by molar-refractivity contribution is 7.98. The van der Waals surface area contributed by atoms with Crippen molar-refractivity contribution in [3.05, 3.63) is 75.6 Å². The average molecular weight is 438 g/mol. The van der Waals surface area contributed by atoms with Crippen LogP contribution in [0.3, 0.4) is 0 Å². The Morgan fingerprint density at radius 3 is 2.55 bits per heavy atom. The Balaban J connectivity index is 1.73. The van der Waals surface area contributed by atoms with Crippen LogP contribution < -0.4 is 20.3 Å². The highest BCUT2D eigenvalue weighted by Gasteiger charge is 2.32. The number of nitrogens with zero attached hydrogens (tertiary/aromatic N) is 2. The predicted molar refractivity (Wildman–Crippen MR) is 120 cm³/mol. The fraction of sp³-hybridized carbons (Fsp3) is 0.261. The zero-order chi connectivity index (χ0) is 22.0. The van der Waals surface area contributed by atoms with Crippen molar-refractivity contribution in [2.75, 3.05) is 19.5 Å². The number of benzene rings is 2. The number of aromatic nitrogens is 2. The first-order chi connectivity index (χ1) is 15.0. The molecule has 7 nitrogen and oxygen atoms in total. The summed E-state index contributed by atoms with van der Waals surface area (Å²) in [5.74, 6) is 1.74. The van der Waals surface area contributed by atoms with E-state index >= 15 is 0 Å². The van der Waals surface area contributed by atoms with Crippen LogP contribution in [0.25, 0.3) is 0 Å². The topological polar surface area (TPSA) is 82.5 Å². The summed E-state index contributed by atoms with van der Waals surface area (Å²) in [6.07, 6.45) is 0.163. The zero-order valence-corrected chi connectivity index (χ0v) is 18.4. The molecule has 0 fully saturated rings. The normalized spacial score (nSPS) is 15.2. The van der Waals surface area contributed by atoms with Crippen LogP contribution in [-0.4, -0.2) is 29.7 Å². The molecule has 1 aromatic heterocycles. The van der Waals surface area contributed by atoms with E-state index in [0.717, 1.165) is 11.1 Å². The average Bonchev–Trinajstić information content (AvgIpc) is 2.80. The van der Waals surface area contributed by atoms with Crippen molar-refractivity contribution in [2.45, 2.75) is 23.2 Å². The van der Waals surface area contributed by atoms with Gasteiger partial charge in [-0.1, -0.05) is 48.2 Å². The first kappa shape index (κ1) is 21.0. The highest BCUT2D eigenvalue weighted by atomic mass is 32.2. The number of ether oxygens (including phenoxy) is 2. The molecule has 0 radical (unpaired) electrons. The van der Waals surface area contributed by atoms with Gasteiger partial charge in [-0.2, -0.15) is 4.98 Å². The van der Waals surface area contributed by atoms with E-state index in [1.807, 2.05) is 49.5 Å². The smallest absolute Gasteiger partial charge is 0.279 e. The molecule has 1 aliphatic rings. The quantitative estimate of drug-likeness (QED) is 0.469. The van der Waals surface area contributed by atoms with E-state index in [-0.39, 0.29) is 17.9 Å². The molecule has 160 valence electrons. The van der Waals surface area contributed by atoms with Crippen molar-refractivity contribution in [2.24, 2.45) is 7.05 Å². The molecule has 0 spiro atoms. The highest BCUT2D eigenvalue weighted by Crippen LogP contribution is 2.39. The van der Waals surface area contributed by atoms with Gasteiger partial charge in [0.25, 0.3) is 5.56 Å². The van der Waals surface area contributed by atoms with Crippen molar-refractivity contribution >= 4 is 23.5 Å². The van der Waals surface area contributed by atoms with Gasteiger partial charge in [0.2, 0.25) is 5.91 Å². The Morgan fingerprint density at radius 2 is 1.84 bits per heavy atom. The van der Waals surface area contributed by atoms with Crippen LogP contribution in [0.5, 0.6) is 11.5 Å². The predicted octanol–water partition coefficient (Wildman–Crippen LogP) is 3.56. The number of hydrogen-bond donors (Lipinski definition) is 1. The number of carbonyl (C=O) groups excluding carboxylic acids is 1. The molecule has 1 aliphatic heterocycles. The number of rotatable bonds is 6. The molecular weight excluding hydrogens is 414 g/mol. The standard InChI is InChI=1S/C23H23N3O4S/c1-26-21-20(22(28)25-23(26)31-13-14-7-5-4-6-8-14)16(12-19(27)24-21)15-9-10-17(29-2)18(11-15)30-3/h4-11,16H,12-13H2,1-3H3,(H,24,27)/t16-/m1/s1. The molecule has 4 rings (SSSR count). The van der Waals surface area contributed by atoms with Gasteiger partial charge in [-0.15, -0.1) is 0 Å². The van der Waals surface area contributed by atoms with Crippen LogP contribution in [0.4, 0.5) is 5.82 Å². The number of carbonyl (C=O) groups is 1. The Morgan fingerprint density at radius 1 is 1.10 bits per heavy atom. The van der Waals surface area contributed by atoms with E-state index in [0.29, 0.717) is 33.8 Å². The molecule has 0 saturated carbocycles. The summed E-state index contributed by atoms with van der Waals surface area (Å²) in [6.45, 7) is 0. The zero-order valence-electron chi connectivity index (χ0n) is 17.5. The summed E-state index contributed by atoms with van der Waals surface area (Å²) in [6, 6.07) is 15.4. The summed E-state index contributed by atoms with van der Waals surface area (Å²) < 4.78 is 12.5. The van der Waals surface area contributed by atoms with E-state index in [1.165, 1.54) is 11.8 Å². The maximum absolute atomic E-state index is 13.1. The van der Waals surface area contributed by atoms with Crippen LogP contribution >= 0.6 is 11.8 Å². The lowest BCUT2D eigenvalue weighted by Crippen LogP contribution is -2.33. The van der Waals surface area contributed by atoms with E-state index in [9.17, 15) is 9.59 Å². The maximum Gasteiger partial charge on any atom is 0.279 e. The van der Waals surface area contributed by atoms with Gasteiger partial charge in [0.15, 0.2) is 16.7 Å². The molecule has 2 aromatic carbocycles. The molecule has 1 amide bonds. The maximum atomic E-state index is 13.1. The van der Waals surface area contributed by atoms with Crippen molar-refractivity contribution < 1.29 is 14.3 Å². The molecule has 0 saturated heterocycles. The fourth-order valence-corrected chi connectivity index (χ4v) is 4.66. The minimum absolute atomic E-state index is 0.146. The Labute approximate surface area is 184 Å². The number of fused-ring (bicyclic) bond motifs is 1. The monoisotopic (exact) mass is 437 g/mol. The third-order valence-corrected chi connectivity index (χ3v) is 6.42. The first-order valence-electron chi connectivity index (χ1n) is 9.81. The van der Waals surface area contributed by atoms with Crippen LogP contribution in [0.2, 0.25) is 0 Å².